The minimum absolute atomic E-state index is 0.474. The first-order valence-corrected chi connectivity index (χ1v) is 11.6. The van der Waals surface area contributed by atoms with Crippen molar-refractivity contribution in [2.45, 2.75) is 24.8 Å². The fraction of sp³-hybridized carbons (Fsp3) is 0.296. The molecule has 1 saturated heterocycles. The van der Waals surface area contributed by atoms with Crippen LogP contribution in [0.4, 0.5) is 11.5 Å². The van der Waals surface area contributed by atoms with Gasteiger partial charge in [-0.15, -0.1) is 0 Å². The van der Waals surface area contributed by atoms with Crippen LogP contribution in [0.1, 0.15) is 41.5 Å². The molecule has 2 N–H and O–H groups in total. The van der Waals surface area contributed by atoms with E-state index in [4.69, 9.17) is 9.72 Å². The highest BCUT2D eigenvalue weighted by atomic mass is 16.5. The Balaban J connectivity index is 1.50. The number of rotatable bonds is 6. The number of methoxy groups -OCH3 is 1. The van der Waals surface area contributed by atoms with E-state index in [1.54, 1.807) is 19.5 Å². The first-order chi connectivity index (χ1) is 16.7. The average Bonchev–Trinajstić information content (AvgIpc) is 2.89. The molecule has 2 aliphatic rings. The molecule has 1 aromatic carbocycles. The fourth-order valence-corrected chi connectivity index (χ4v) is 4.77. The molecule has 2 aliphatic heterocycles. The van der Waals surface area contributed by atoms with Gasteiger partial charge in [-0.25, -0.2) is 9.97 Å². The second-order valence-electron chi connectivity index (χ2n) is 8.86. The van der Waals surface area contributed by atoms with Gasteiger partial charge in [-0.05, 0) is 92.6 Å². The minimum Gasteiger partial charge on any atom is -0.481 e. The van der Waals surface area contributed by atoms with Gasteiger partial charge in [0.25, 0.3) is 0 Å². The lowest BCUT2D eigenvalue weighted by molar-refractivity contribution is -0.109. The SMILES string of the molecule is COc1ncccc1-c1cc2c(c(Nc3ccc(C4CCN(C)CC4)cc3)n1)C(C=O)NC=C2. The Hall–Kier alpha value is -3.71. The predicted octanol–water partition coefficient (Wildman–Crippen LogP) is 4.52. The zero-order valence-corrected chi connectivity index (χ0v) is 19.5. The second kappa shape index (κ2) is 9.65. The molecule has 1 unspecified atom stereocenters. The first-order valence-electron chi connectivity index (χ1n) is 11.6. The molecule has 0 aliphatic carbocycles. The maximum absolute atomic E-state index is 11.8. The molecule has 7 heteroatoms. The molecule has 0 spiro atoms. The quantitative estimate of drug-likeness (QED) is 0.529. The molecule has 0 saturated carbocycles. The van der Waals surface area contributed by atoms with Gasteiger partial charge >= 0.3 is 0 Å². The molecule has 2 aromatic heterocycles. The predicted molar refractivity (Wildman–Crippen MR) is 134 cm³/mol. The summed E-state index contributed by atoms with van der Waals surface area (Å²) in [4.78, 5) is 23.5. The number of likely N-dealkylation sites (tertiary alicyclic amines) is 1. The fourth-order valence-electron chi connectivity index (χ4n) is 4.77. The molecule has 0 bridgehead atoms. The number of pyridine rings is 2. The number of nitrogens with one attached hydrogen (secondary N) is 2. The van der Waals surface area contributed by atoms with E-state index in [9.17, 15) is 4.79 Å². The number of aldehydes is 1. The third-order valence-corrected chi connectivity index (χ3v) is 6.68. The third-order valence-electron chi connectivity index (χ3n) is 6.68. The monoisotopic (exact) mass is 455 g/mol. The highest BCUT2D eigenvalue weighted by Gasteiger charge is 2.24. The molecule has 4 heterocycles. The Bertz CT molecular complexity index is 1200. The molecule has 3 aromatic rings. The third kappa shape index (κ3) is 4.39. The minimum atomic E-state index is -0.474. The van der Waals surface area contributed by atoms with Crippen molar-refractivity contribution in [2.75, 3.05) is 32.6 Å². The summed E-state index contributed by atoms with van der Waals surface area (Å²) in [6, 6.07) is 13.9. The van der Waals surface area contributed by atoms with Gasteiger partial charge in [-0.2, -0.15) is 0 Å². The number of ether oxygens (including phenoxy) is 1. The van der Waals surface area contributed by atoms with Crippen molar-refractivity contribution in [3.63, 3.8) is 0 Å². The Morgan fingerprint density at radius 2 is 1.97 bits per heavy atom. The van der Waals surface area contributed by atoms with E-state index in [0.717, 1.165) is 47.4 Å². The van der Waals surface area contributed by atoms with Gasteiger partial charge < -0.3 is 25.1 Å². The summed E-state index contributed by atoms with van der Waals surface area (Å²) in [7, 11) is 3.78. The number of hydrogen-bond acceptors (Lipinski definition) is 7. The normalized spacial score (nSPS) is 18.1. The Labute approximate surface area is 199 Å². The summed E-state index contributed by atoms with van der Waals surface area (Å²) in [5.41, 5.74) is 5.58. The van der Waals surface area contributed by atoms with E-state index in [2.05, 4.69) is 51.8 Å². The maximum atomic E-state index is 11.8. The Morgan fingerprint density at radius 1 is 1.18 bits per heavy atom. The van der Waals surface area contributed by atoms with Gasteiger partial charge in [0.15, 0.2) is 0 Å². The van der Waals surface area contributed by atoms with E-state index in [1.807, 2.05) is 24.3 Å². The lowest BCUT2D eigenvalue weighted by Crippen LogP contribution is -2.29. The van der Waals surface area contributed by atoms with Crippen LogP contribution in [0.5, 0.6) is 5.88 Å². The van der Waals surface area contributed by atoms with Crippen LogP contribution in [-0.2, 0) is 4.79 Å². The Morgan fingerprint density at radius 3 is 2.71 bits per heavy atom. The van der Waals surface area contributed by atoms with Crippen molar-refractivity contribution in [3.05, 3.63) is 71.6 Å². The van der Waals surface area contributed by atoms with Gasteiger partial charge in [0.2, 0.25) is 5.88 Å². The van der Waals surface area contributed by atoms with Crippen molar-refractivity contribution in [1.82, 2.24) is 20.2 Å². The van der Waals surface area contributed by atoms with E-state index < -0.39 is 6.04 Å². The van der Waals surface area contributed by atoms with Crippen molar-refractivity contribution < 1.29 is 9.53 Å². The number of hydrogen-bond donors (Lipinski definition) is 2. The zero-order valence-electron chi connectivity index (χ0n) is 19.5. The molecule has 1 fully saturated rings. The lowest BCUT2D eigenvalue weighted by atomic mass is 9.89. The molecule has 34 heavy (non-hydrogen) atoms. The van der Waals surface area contributed by atoms with E-state index in [0.29, 0.717) is 17.6 Å². The number of fused-ring (bicyclic) bond motifs is 1. The molecule has 1 atom stereocenters. The lowest BCUT2D eigenvalue weighted by Gasteiger charge is -2.29. The van der Waals surface area contributed by atoms with Gasteiger partial charge in [-0.3, -0.25) is 0 Å². The largest absolute Gasteiger partial charge is 0.481 e. The van der Waals surface area contributed by atoms with Crippen molar-refractivity contribution in [2.24, 2.45) is 0 Å². The molecule has 0 radical (unpaired) electrons. The van der Waals surface area contributed by atoms with Crippen LogP contribution in [0.3, 0.4) is 0 Å². The topological polar surface area (TPSA) is 79.4 Å². The summed E-state index contributed by atoms with van der Waals surface area (Å²) >= 11 is 0. The first kappa shape index (κ1) is 22.1. The smallest absolute Gasteiger partial charge is 0.222 e. The number of piperidine rings is 1. The number of nitrogens with zero attached hydrogens (tertiary/aromatic N) is 3. The summed E-state index contributed by atoms with van der Waals surface area (Å²) in [6.45, 7) is 2.28. The number of carbonyl (C=O) groups is 1. The Kier molecular flexibility index (Phi) is 6.27. The molecule has 0 amide bonds. The van der Waals surface area contributed by atoms with Crippen molar-refractivity contribution in [3.8, 4) is 17.1 Å². The second-order valence-corrected chi connectivity index (χ2v) is 8.86. The number of anilines is 2. The van der Waals surface area contributed by atoms with Crippen molar-refractivity contribution in [1.29, 1.82) is 0 Å². The summed E-state index contributed by atoms with van der Waals surface area (Å²) < 4.78 is 5.46. The van der Waals surface area contributed by atoms with Crippen LogP contribution >= 0.6 is 0 Å². The summed E-state index contributed by atoms with van der Waals surface area (Å²) in [5, 5.41) is 6.59. The standard InChI is InChI=1S/C27H29N5O2/c1-32-14-10-19(11-15-32)18-5-7-21(8-6-18)30-26-25-20(9-13-28-24(25)17-33)16-23(31-26)22-4-3-12-29-27(22)34-2/h3-9,12-13,16-17,19,24,28H,10-11,14-15H2,1-2H3,(H,30,31). The summed E-state index contributed by atoms with van der Waals surface area (Å²) in [5.74, 6) is 1.75. The van der Waals surface area contributed by atoms with Gasteiger partial charge in [0.1, 0.15) is 18.1 Å². The van der Waals surface area contributed by atoms with Crippen molar-refractivity contribution >= 4 is 23.9 Å². The summed E-state index contributed by atoms with van der Waals surface area (Å²) in [6.07, 6.45) is 8.73. The molecular weight excluding hydrogens is 426 g/mol. The average molecular weight is 456 g/mol. The van der Waals surface area contributed by atoms with Crippen LogP contribution in [0.25, 0.3) is 17.3 Å². The van der Waals surface area contributed by atoms with Crippen LogP contribution in [0.2, 0.25) is 0 Å². The number of benzene rings is 1. The van der Waals surface area contributed by atoms with E-state index in [-0.39, 0.29) is 0 Å². The van der Waals surface area contributed by atoms with Crippen LogP contribution in [0, 0.1) is 0 Å². The zero-order chi connectivity index (χ0) is 23.5. The molecule has 7 nitrogen and oxygen atoms in total. The number of aromatic nitrogens is 2. The van der Waals surface area contributed by atoms with Crippen LogP contribution in [0.15, 0.2) is 54.9 Å². The maximum Gasteiger partial charge on any atom is 0.222 e. The van der Waals surface area contributed by atoms with E-state index in [1.165, 1.54) is 18.4 Å². The highest BCUT2D eigenvalue weighted by molar-refractivity contribution is 5.80. The highest BCUT2D eigenvalue weighted by Crippen LogP contribution is 2.36. The van der Waals surface area contributed by atoms with E-state index >= 15 is 0 Å². The molecular formula is C27H29N5O2. The molecule has 174 valence electrons. The van der Waals surface area contributed by atoms with Crippen LogP contribution in [-0.4, -0.2) is 48.4 Å². The van der Waals surface area contributed by atoms with Gasteiger partial charge in [0, 0.05) is 17.4 Å². The number of carbonyl (C=O) groups excluding carboxylic acids is 1. The molecule has 5 rings (SSSR count). The van der Waals surface area contributed by atoms with Crippen LogP contribution < -0.4 is 15.4 Å². The van der Waals surface area contributed by atoms with Gasteiger partial charge in [-0.1, -0.05) is 12.1 Å². The van der Waals surface area contributed by atoms with Gasteiger partial charge in [0.05, 0.1) is 18.4 Å².